The fourth-order valence-corrected chi connectivity index (χ4v) is 2.63. The molecule has 0 aromatic carbocycles. The van der Waals surface area contributed by atoms with Crippen molar-refractivity contribution in [2.75, 3.05) is 24.3 Å². The molecule has 0 unspecified atom stereocenters. The normalized spacial score (nSPS) is 10.4. The van der Waals surface area contributed by atoms with Gasteiger partial charge in [-0.25, -0.2) is 9.37 Å². The van der Waals surface area contributed by atoms with Gasteiger partial charge in [0, 0.05) is 19.0 Å². The highest BCUT2D eigenvalue weighted by atomic mass is 35.5. The van der Waals surface area contributed by atoms with E-state index in [-0.39, 0.29) is 5.82 Å². The minimum absolute atomic E-state index is 0.263. The van der Waals surface area contributed by atoms with Crippen LogP contribution in [0, 0.1) is 5.82 Å². The molecule has 0 aliphatic carbocycles. The van der Waals surface area contributed by atoms with Crippen molar-refractivity contribution in [3.63, 3.8) is 0 Å². The summed E-state index contributed by atoms with van der Waals surface area (Å²) in [6.45, 7) is 0.550. The van der Waals surface area contributed by atoms with Gasteiger partial charge in [-0.15, -0.1) is 11.3 Å². The van der Waals surface area contributed by atoms with E-state index in [0.29, 0.717) is 12.5 Å². The van der Waals surface area contributed by atoms with Gasteiger partial charge in [0.05, 0.1) is 17.1 Å². The average molecular weight is 287 g/mol. The third-order valence-corrected chi connectivity index (χ3v) is 3.55. The molecule has 7 heteroatoms. The van der Waals surface area contributed by atoms with Gasteiger partial charge in [-0.1, -0.05) is 11.6 Å². The van der Waals surface area contributed by atoms with Crippen LogP contribution >= 0.6 is 22.9 Å². The summed E-state index contributed by atoms with van der Waals surface area (Å²) in [6, 6.07) is 3.74. The van der Waals surface area contributed by atoms with Crippen molar-refractivity contribution in [2.45, 2.75) is 6.54 Å². The van der Waals surface area contributed by atoms with Crippen molar-refractivity contribution in [3.8, 4) is 0 Å². The summed E-state index contributed by atoms with van der Waals surface area (Å²) in [6.07, 6.45) is 1.16. The molecule has 0 aliphatic rings. The zero-order valence-corrected chi connectivity index (χ0v) is 11.5. The van der Waals surface area contributed by atoms with Crippen LogP contribution in [0.25, 0.3) is 0 Å². The van der Waals surface area contributed by atoms with Crippen molar-refractivity contribution in [3.05, 3.63) is 33.4 Å². The third kappa shape index (κ3) is 2.88. The first-order valence-electron chi connectivity index (χ1n) is 5.26. The van der Waals surface area contributed by atoms with Gasteiger partial charge in [-0.2, -0.15) is 4.98 Å². The van der Waals surface area contributed by atoms with Crippen molar-refractivity contribution < 1.29 is 4.39 Å². The van der Waals surface area contributed by atoms with Crippen LogP contribution in [-0.2, 0) is 6.54 Å². The molecule has 0 radical (unpaired) electrons. The lowest BCUT2D eigenvalue weighted by atomic mass is 10.4. The van der Waals surface area contributed by atoms with E-state index < -0.39 is 5.82 Å². The van der Waals surface area contributed by atoms with Crippen molar-refractivity contribution in [1.29, 1.82) is 0 Å². The molecule has 0 saturated heterocycles. The predicted molar refractivity (Wildman–Crippen MR) is 73.0 cm³/mol. The first-order chi connectivity index (χ1) is 8.60. The summed E-state index contributed by atoms with van der Waals surface area (Å²) >= 11 is 7.33. The molecule has 0 spiro atoms. The molecule has 2 aromatic rings. The summed E-state index contributed by atoms with van der Waals surface area (Å²) in [4.78, 5) is 10.7. The van der Waals surface area contributed by atoms with Gasteiger partial charge < -0.3 is 10.2 Å². The molecule has 0 atom stereocenters. The van der Waals surface area contributed by atoms with Crippen molar-refractivity contribution in [2.24, 2.45) is 0 Å². The van der Waals surface area contributed by atoms with Gasteiger partial charge in [-0.3, -0.25) is 0 Å². The van der Waals surface area contributed by atoms with Crippen LogP contribution in [0.1, 0.15) is 4.88 Å². The number of nitrogens with one attached hydrogen (secondary N) is 1. The number of rotatable bonds is 4. The Morgan fingerprint density at radius 2 is 2.28 bits per heavy atom. The Balaban J connectivity index is 2.20. The number of anilines is 2. The second kappa shape index (κ2) is 5.49. The molecule has 0 bridgehead atoms. The molecule has 0 aliphatic heterocycles. The van der Waals surface area contributed by atoms with Crippen molar-refractivity contribution in [1.82, 2.24) is 9.97 Å². The molecule has 0 fully saturated rings. The zero-order valence-electron chi connectivity index (χ0n) is 9.94. The minimum atomic E-state index is -0.445. The van der Waals surface area contributed by atoms with Crippen LogP contribution in [-0.4, -0.2) is 24.1 Å². The summed E-state index contributed by atoms with van der Waals surface area (Å²) in [7, 11) is 3.47. The number of hydrogen-bond donors (Lipinski definition) is 1. The Labute approximate surface area is 113 Å². The largest absolute Gasteiger partial charge is 0.357 e. The molecule has 1 N–H and O–H groups in total. The van der Waals surface area contributed by atoms with E-state index >= 15 is 0 Å². The maximum atomic E-state index is 13.6. The first-order valence-corrected chi connectivity index (χ1v) is 6.45. The van der Waals surface area contributed by atoms with Crippen LogP contribution in [0.2, 0.25) is 4.34 Å². The number of nitrogens with zero attached hydrogens (tertiary/aromatic N) is 3. The van der Waals surface area contributed by atoms with Gasteiger partial charge in [0.1, 0.15) is 0 Å². The predicted octanol–water partition coefficient (Wildman–Crippen LogP) is 3.01. The first kappa shape index (κ1) is 13.0. The Morgan fingerprint density at radius 1 is 1.50 bits per heavy atom. The highest BCUT2D eigenvalue weighted by molar-refractivity contribution is 7.16. The van der Waals surface area contributed by atoms with Gasteiger partial charge in [0.15, 0.2) is 11.6 Å². The molecule has 96 valence electrons. The number of thiophene rings is 1. The molecule has 2 rings (SSSR count). The molecule has 2 aromatic heterocycles. The Bertz CT molecular complexity index is 546. The Hall–Kier alpha value is -1.40. The molecule has 2 heterocycles. The Morgan fingerprint density at radius 3 is 2.89 bits per heavy atom. The standard InChI is InChI=1S/C11H12ClFN4S/c1-14-11-15-5-8(13)10(16-11)17(2)6-7-3-4-9(12)18-7/h3-5H,6H2,1-2H3,(H,14,15,16). The van der Waals surface area contributed by atoms with Crippen LogP contribution in [0.3, 0.4) is 0 Å². The fraction of sp³-hybridized carbons (Fsp3) is 0.273. The van der Waals surface area contributed by atoms with Gasteiger partial charge in [-0.05, 0) is 12.1 Å². The quantitative estimate of drug-likeness (QED) is 0.938. The summed E-state index contributed by atoms with van der Waals surface area (Å²) in [5.41, 5.74) is 0. The van der Waals surface area contributed by atoms with Gasteiger partial charge in [0.2, 0.25) is 5.95 Å². The molecule has 0 saturated carbocycles. The SMILES string of the molecule is CNc1ncc(F)c(N(C)Cc2ccc(Cl)s2)n1. The van der Waals surface area contributed by atoms with E-state index in [4.69, 9.17) is 11.6 Å². The third-order valence-electron chi connectivity index (χ3n) is 2.33. The lowest BCUT2D eigenvalue weighted by molar-refractivity contribution is 0.608. The highest BCUT2D eigenvalue weighted by Crippen LogP contribution is 2.24. The monoisotopic (exact) mass is 286 g/mol. The molecule has 0 amide bonds. The lowest BCUT2D eigenvalue weighted by Gasteiger charge is -2.18. The topological polar surface area (TPSA) is 41.1 Å². The maximum Gasteiger partial charge on any atom is 0.224 e. The summed E-state index contributed by atoms with van der Waals surface area (Å²) in [5, 5.41) is 2.78. The lowest BCUT2D eigenvalue weighted by Crippen LogP contribution is -2.19. The smallest absolute Gasteiger partial charge is 0.224 e. The number of halogens is 2. The number of aromatic nitrogens is 2. The van der Waals surface area contributed by atoms with Crippen LogP contribution in [0.4, 0.5) is 16.2 Å². The molecule has 4 nitrogen and oxygen atoms in total. The fourth-order valence-electron chi connectivity index (χ4n) is 1.49. The molecule has 18 heavy (non-hydrogen) atoms. The second-order valence-electron chi connectivity index (χ2n) is 3.68. The molecular weight excluding hydrogens is 275 g/mol. The van der Waals surface area contributed by atoms with E-state index in [2.05, 4.69) is 15.3 Å². The van der Waals surface area contributed by atoms with Crippen LogP contribution < -0.4 is 10.2 Å². The van der Waals surface area contributed by atoms with E-state index in [1.807, 2.05) is 12.1 Å². The van der Waals surface area contributed by atoms with E-state index in [1.54, 1.807) is 19.0 Å². The second-order valence-corrected chi connectivity index (χ2v) is 5.48. The summed E-state index contributed by atoms with van der Waals surface area (Å²) < 4.78 is 14.4. The zero-order chi connectivity index (χ0) is 13.1. The Kier molecular flexibility index (Phi) is 3.98. The number of hydrogen-bond acceptors (Lipinski definition) is 5. The van der Waals surface area contributed by atoms with E-state index in [0.717, 1.165) is 15.4 Å². The van der Waals surface area contributed by atoms with E-state index in [9.17, 15) is 4.39 Å². The maximum absolute atomic E-state index is 13.6. The highest BCUT2D eigenvalue weighted by Gasteiger charge is 2.12. The average Bonchev–Trinajstić information content (AvgIpc) is 2.75. The minimum Gasteiger partial charge on any atom is -0.357 e. The summed E-state index contributed by atoms with van der Waals surface area (Å²) in [5.74, 6) is 0.209. The van der Waals surface area contributed by atoms with Crippen LogP contribution in [0.15, 0.2) is 18.3 Å². The van der Waals surface area contributed by atoms with Gasteiger partial charge >= 0.3 is 0 Å². The van der Waals surface area contributed by atoms with Crippen LogP contribution in [0.5, 0.6) is 0 Å². The van der Waals surface area contributed by atoms with Gasteiger partial charge in [0.25, 0.3) is 0 Å². The van der Waals surface area contributed by atoms with Crippen molar-refractivity contribution >= 4 is 34.7 Å². The molecular formula is C11H12ClFN4S. The van der Waals surface area contributed by atoms with E-state index in [1.165, 1.54) is 11.3 Å².